The average Bonchev–Trinajstić information content (AvgIpc) is 3.53. The molecule has 1 saturated carbocycles. The number of carboxylic acids is 1. The Morgan fingerprint density at radius 1 is 1.15 bits per heavy atom. The van der Waals surface area contributed by atoms with Gasteiger partial charge in [0.25, 0.3) is 5.91 Å². The molecule has 1 aromatic carbocycles. The predicted octanol–water partition coefficient (Wildman–Crippen LogP) is 5.37. The number of hydrogen-bond acceptors (Lipinski definition) is 4. The summed E-state index contributed by atoms with van der Waals surface area (Å²) in [5.74, 6) is 0.289. The summed E-state index contributed by atoms with van der Waals surface area (Å²) in [5, 5.41) is 16.0. The Hall–Kier alpha value is -2.31. The van der Waals surface area contributed by atoms with Crippen molar-refractivity contribution in [2.75, 3.05) is 11.9 Å². The van der Waals surface area contributed by atoms with E-state index in [9.17, 15) is 14.7 Å². The molecule has 4 rings (SSSR count). The Balaban J connectivity index is 1.21. The number of aromatic nitrogens is 1. The topological polar surface area (TPSA) is 91.3 Å². The number of carbonyl (C=O) groups is 2. The summed E-state index contributed by atoms with van der Waals surface area (Å²) in [5.41, 5.74) is 2.55. The lowest BCUT2D eigenvalue weighted by molar-refractivity contribution is -0.139. The van der Waals surface area contributed by atoms with Gasteiger partial charge in [0.15, 0.2) is 0 Å². The van der Waals surface area contributed by atoms with Crippen molar-refractivity contribution in [1.29, 1.82) is 0 Å². The molecule has 0 bridgehead atoms. The first-order chi connectivity index (χ1) is 15.9. The zero-order valence-corrected chi connectivity index (χ0v) is 20.0. The van der Waals surface area contributed by atoms with Crippen LogP contribution in [-0.4, -0.2) is 34.6 Å². The number of rotatable bonds is 10. The maximum absolute atomic E-state index is 12.6. The number of unbranched alkanes of at least 4 members (excludes halogenated alkanes) is 1. The van der Waals surface area contributed by atoms with Gasteiger partial charge in [-0.3, -0.25) is 4.79 Å². The van der Waals surface area contributed by atoms with Gasteiger partial charge in [-0.15, -0.1) is 0 Å². The molecule has 0 radical (unpaired) electrons. The zero-order valence-electron chi connectivity index (χ0n) is 18.4. The number of carbonyl (C=O) groups excluding carboxylic acids is 1. The molecule has 0 spiro atoms. The number of anilines is 1. The fourth-order valence-corrected chi connectivity index (χ4v) is 5.21. The van der Waals surface area contributed by atoms with Gasteiger partial charge in [-0.1, -0.05) is 48.2 Å². The zero-order chi connectivity index (χ0) is 23.4. The maximum Gasteiger partial charge on any atom is 0.326 e. The van der Waals surface area contributed by atoms with Crippen molar-refractivity contribution in [2.24, 2.45) is 11.8 Å². The lowest BCUT2D eigenvalue weighted by Crippen LogP contribution is -2.41. The second-order valence-corrected chi connectivity index (χ2v) is 9.85. The molecule has 2 aliphatic rings. The highest BCUT2D eigenvalue weighted by molar-refractivity contribution is 6.39. The van der Waals surface area contributed by atoms with E-state index >= 15 is 0 Å². The molecule has 0 saturated heterocycles. The highest BCUT2D eigenvalue weighted by Crippen LogP contribution is 2.45. The first-order valence-corrected chi connectivity index (χ1v) is 12.4. The molecule has 3 N–H and O–H groups in total. The second-order valence-electron chi connectivity index (χ2n) is 9.04. The monoisotopic (exact) mass is 489 g/mol. The van der Waals surface area contributed by atoms with Crippen LogP contribution in [-0.2, 0) is 17.6 Å². The van der Waals surface area contributed by atoms with E-state index in [1.807, 2.05) is 0 Å². The van der Waals surface area contributed by atoms with Gasteiger partial charge < -0.3 is 15.7 Å². The minimum Gasteiger partial charge on any atom is -0.480 e. The van der Waals surface area contributed by atoms with Crippen LogP contribution in [0.3, 0.4) is 0 Å². The predicted molar refractivity (Wildman–Crippen MR) is 130 cm³/mol. The van der Waals surface area contributed by atoms with E-state index in [2.05, 4.69) is 22.8 Å². The van der Waals surface area contributed by atoms with Crippen molar-refractivity contribution < 1.29 is 14.7 Å². The van der Waals surface area contributed by atoms with E-state index < -0.39 is 17.9 Å². The fraction of sp³-hybridized carbons (Fsp3) is 0.480. The van der Waals surface area contributed by atoms with Crippen LogP contribution in [0.1, 0.15) is 60.1 Å². The van der Waals surface area contributed by atoms with Crippen molar-refractivity contribution >= 4 is 40.9 Å². The maximum atomic E-state index is 12.6. The number of aryl methyl sites for hydroxylation is 2. The molecule has 176 valence electrons. The van der Waals surface area contributed by atoms with Crippen LogP contribution >= 0.6 is 23.2 Å². The summed E-state index contributed by atoms with van der Waals surface area (Å²) in [6.45, 7) is 0.996. The summed E-state index contributed by atoms with van der Waals surface area (Å²) in [7, 11) is 0. The van der Waals surface area contributed by atoms with Crippen LogP contribution < -0.4 is 10.6 Å². The van der Waals surface area contributed by atoms with Gasteiger partial charge in [-0.2, -0.15) is 0 Å². The number of nitrogens with one attached hydrogen (secondary N) is 2. The SMILES string of the molecule is O=C(NC(CC1CC1CCCCc1ccc2c(n1)NCCC2)C(=O)O)c1c(Cl)cccc1Cl. The molecule has 8 heteroatoms. The third-order valence-corrected chi connectivity index (χ3v) is 7.24. The molecule has 1 aliphatic carbocycles. The molecule has 2 aromatic rings. The van der Waals surface area contributed by atoms with Crippen molar-refractivity contribution in [3.63, 3.8) is 0 Å². The highest BCUT2D eigenvalue weighted by Gasteiger charge is 2.40. The van der Waals surface area contributed by atoms with Gasteiger partial charge in [0.1, 0.15) is 11.9 Å². The van der Waals surface area contributed by atoms with Gasteiger partial charge in [-0.05, 0) is 74.1 Å². The molecule has 1 aromatic heterocycles. The van der Waals surface area contributed by atoms with Gasteiger partial charge in [-0.25, -0.2) is 9.78 Å². The fourth-order valence-electron chi connectivity index (χ4n) is 4.64. The number of hydrogen-bond donors (Lipinski definition) is 3. The van der Waals surface area contributed by atoms with E-state index in [0.29, 0.717) is 18.3 Å². The van der Waals surface area contributed by atoms with Crippen molar-refractivity contribution in [3.05, 3.63) is 57.2 Å². The van der Waals surface area contributed by atoms with Crippen molar-refractivity contribution in [2.45, 2.75) is 57.4 Å². The molecule has 3 atom stereocenters. The third-order valence-electron chi connectivity index (χ3n) is 6.61. The average molecular weight is 490 g/mol. The lowest BCUT2D eigenvalue weighted by Gasteiger charge is -2.17. The standard InChI is InChI=1S/C25H29Cl2N3O3/c26-19-8-3-9-20(27)22(19)24(31)30-21(25(32)33)14-17-13-16(17)5-1-2-7-18-11-10-15-6-4-12-28-23(15)29-18/h3,8-11,16-17,21H,1-2,4-7,12-14H2,(H,28,29)(H,30,31)(H,32,33). The number of nitrogens with zero attached hydrogens (tertiary/aromatic N) is 1. The van der Waals surface area contributed by atoms with Gasteiger partial charge in [0.2, 0.25) is 0 Å². The minimum absolute atomic E-state index is 0.116. The summed E-state index contributed by atoms with van der Waals surface area (Å²) in [6, 6.07) is 8.14. The number of benzene rings is 1. The van der Waals surface area contributed by atoms with E-state index in [-0.39, 0.29) is 15.6 Å². The van der Waals surface area contributed by atoms with Crippen LogP contribution in [0.5, 0.6) is 0 Å². The van der Waals surface area contributed by atoms with E-state index in [1.165, 1.54) is 5.56 Å². The van der Waals surface area contributed by atoms with Crippen molar-refractivity contribution in [3.8, 4) is 0 Å². The number of halogens is 2. The van der Waals surface area contributed by atoms with Gasteiger partial charge in [0.05, 0.1) is 15.6 Å². The Morgan fingerprint density at radius 2 is 1.94 bits per heavy atom. The summed E-state index contributed by atoms with van der Waals surface area (Å²) in [6.07, 6.45) is 7.88. The molecular formula is C25H29Cl2N3O3. The Labute approximate surface area is 204 Å². The molecule has 6 nitrogen and oxygen atoms in total. The minimum atomic E-state index is -1.04. The molecule has 3 unspecified atom stereocenters. The van der Waals surface area contributed by atoms with E-state index in [4.69, 9.17) is 28.2 Å². The second kappa shape index (κ2) is 10.7. The van der Waals surface area contributed by atoms with Crippen LogP contribution in [0.15, 0.2) is 30.3 Å². The van der Waals surface area contributed by atoms with Crippen LogP contribution in [0.25, 0.3) is 0 Å². The number of carboxylic acid groups (broad SMARTS) is 1. The quantitative estimate of drug-likeness (QED) is 0.390. The van der Waals surface area contributed by atoms with Gasteiger partial charge in [0, 0.05) is 12.2 Å². The molecule has 1 amide bonds. The molecule has 2 heterocycles. The molecule has 1 fully saturated rings. The Bertz CT molecular complexity index is 1010. The Morgan fingerprint density at radius 3 is 2.70 bits per heavy atom. The van der Waals surface area contributed by atoms with Crippen LogP contribution in [0.2, 0.25) is 10.0 Å². The first-order valence-electron chi connectivity index (χ1n) is 11.6. The van der Waals surface area contributed by atoms with Crippen LogP contribution in [0, 0.1) is 11.8 Å². The Kier molecular flexibility index (Phi) is 7.76. The van der Waals surface area contributed by atoms with Crippen LogP contribution in [0.4, 0.5) is 5.82 Å². The summed E-state index contributed by atoms with van der Waals surface area (Å²) >= 11 is 12.2. The highest BCUT2D eigenvalue weighted by atomic mass is 35.5. The summed E-state index contributed by atoms with van der Waals surface area (Å²) in [4.78, 5) is 29.0. The smallest absolute Gasteiger partial charge is 0.326 e. The normalized spacial score (nSPS) is 19.8. The van der Waals surface area contributed by atoms with E-state index in [0.717, 1.165) is 63.0 Å². The number of fused-ring (bicyclic) bond motifs is 1. The molecular weight excluding hydrogens is 461 g/mol. The largest absolute Gasteiger partial charge is 0.480 e. The molecule has 33 heavy (non-hydrogen) atoms. The van der Waals surface area contributed by atoms with E-state index in [1.54, 1.807) is 18.2 Å². The number of amides is 1. The summed E-state index contributed by atoms with van der Waals surface area (Å²) < 4.78 is 0. The first kappa shape index (κ1) is 23.8. The molecule has 1 aliphatic heterocycles. The number of aliphatic carboxylic acids is 1. The number of pyridine rings is 1. The third kappa shape index (κ3) is 6.18. The lowest BCUT2D eigenvalue weighted by atomic mass is 10.0. The van der Waals surface area contributed by atoms with Crippen molar-refractivity contribution in [1.82, 2.24) is 10.3 Å². The van der Waals surface area contributed by atoms with Gasteiger partial charge >= 0.3 is 5.97 Å².